The van der Waals surface area contributed by atoms with E-state index in [4.69, 9.17) is 14.2 Å². The van der Waals surface area contributed by atoms with Crippen LogP contribution in [0.3, 0.4) is 0 Å². The molecule has 2 aromatic rings. The third-order valence-electron chi connectivity index (χ3n) is 3.37. The molecule has 2 rings (SSSR count). The van der Waals surface area contributed by atoms with E-state index in [1.807, 2.05) is 44.2 Å². The summed E-state index contributed by atoms with van der Waals surface area (Å²) in [6.45, 7) is 6.56. The van der Waals surface area contributed by atoms with Crippen molar-refractivity contribution in [3.05, 3.63) is 36.0 Å². The maximum atomic E-state index is 12.2. The zero-order chi connectivity index (χ0) is 17.4. The van der Waals surface area contributed by atoms with Crippen LogP contribution in [0.2, 0.25) is 0 Å². The lowest BCUT2D eigenvalue weighted by molar-refractivity contribution is -0.174. The minimum atomic E-state index is -0.865. The molecule has 0 radical (unpaired) electrons. The molecular weight excluding hydrogens is 308 g/mol. The molecule has 0 unspecified atom stereocenters. The van der Waals surface area contributed by atoms with Gasteiger partial charge < -0.3 is 19.2 Å². The van der Waals surface area contributed by atoms with Gasteiger partial charge in [0, 0.05) is 30.3 Å². The highest BCUT2D eigenvalue weighted by Crippen LogP contribution is 2.14. The standard InChI is InChI=1S/C18H24N2O4/c1-4-22-17(21)16(18(23-5-2)24-6-3)19-12-14-11-13-9-7-8-10-15(13)20-14/h7-12,16,18,20H,4-6H2,1-3H3/t16-/m1/s1. The number of hydrogen-bond acceptors (Lipinski definition) is 5. The van der Waals surface area contributed by atoms with Crippen molar-refractivity contribution >= 4 is 23.1 Å². The van der Waals surface area contributed by atoms with Gasteiger partial charge in [-0.15, -0.1) is 0 Å². The van der Waals surface area contributed by atoms with E-state index in [0.717, 1.165) is 16.6 Å². The van der Waals surface area contributed by atoms with Crippen molar-refractivity contribution in [1.82, 2.24) is 4.98 Å². The Bertz CT molecular complexity index is 641. The van der Waals surface area contributed by atoms with Crippen LogP contribution in [0, 0.1) is 0 Å². The monoisotopic (exact) mass is 332 g/mol. The molecule has 1 N–H and O–H groups in total. The maximum Gasteiger partial charge on any atom is 0.336 e. The molecule has 1 aromatic heterocycles. The van der Waals surface area contributed by atoms with Gasteiger partial charge in [0.1, 0.15) is 0 Å². The van der Waals surface area contributed by atoms with Crippen LogP contribution >= 0.6 is 0 Å². The first kappa shape index (κ1) is 18.2. The predicted molar refractivity (Wildman–Crippen MR) is 93.4 cm³/mol. The molecule has 6 heteroatoms. The summed E-state index contributed by atoms with van der Waals surface area (Å²) < 4.78 is 16.1. The van der Waals surface area contributed by atoms with Gasteiger partial charge in [0.2, 0.25) is 0 Å². The summed E-state index contributed by atoms with van der Waals surface area (Å²) >= 11 is 0. The number of benzene rings is 1. The molecule has 0 bridgehead atoms. The minimum absolute atomic E-state index is 0.280. The smallest absolute Gasteiger partial charge is 0.336 e. The molecule has 130 valence electrons. The molecule has 0 fully saturated rings. The number of carbonyl (C=O) groups excluding carboxylic acids is 1. The molecule has 0 aliphatic rings. The summed E-state index contributed by atoms with van der Waals surface area (Å²) in [7, 11) is 0. The Morgan fingerprint density at radius 3 is 2.50 bits per heavy atom. The highest BCUT2D eigenvalue weighted by molar-refractivity contribution is 5.90. The third-order valence-corrected chi connectivity index (χ3v) is 3.37. The Labute approximate surface area is 141 Å². The lowest BCUT2D eigenvalue weighted by Crippen LogP contribution is -2.38. The van der Waals surface area contributed by atoms with Crippen molar-refractivity contribution in [1.29, 1.82) is 0 Å². The van der Waals surface area contributed by atoms with Crippen molar-refractivity contribution in [3.8, 4) is 0 Å². The second kappa shape index (κ2) is 9.20. The fourth-order valence-electron chi connectivity index (χ4n) is 2.35. The second-order valence-corrected chi connectivity index (χ2v) is 5.07. The van der Waals surface area contributed by atoms with Crippen LogP contribution in [0.1, 0.15) is 26.5 Å². The van der Waals surface area contributed by atoms with Gasteiger partial charge in [-0.25, -0.2) is 4.79 Å². The van der Waals surface area contributed by atoms with Gasteiger partial charge in [-0.05, 0) is 32.9 Å². The highest BCUT2D eigenvalue weighted by Gasteiger charge is 2.30. The van der Waals surface area contributed by atoms with Crippen LogP contribution in [0.5, 0.6) is 0 Å². The number of fused-ring (bicyclic) bond motifs is 1. The molecule has 0 spiro atoms. The minimum Gasteiger partial charge on any atom is -0.464 e. The number of rotatable bonds is 9. The van der Waals surface area contributed by atoms with Gasteiger partial charge in [0.15, 0.2) is 12.3 Å². The van der Waals surface area contributed by atoms with Gasteiger partial charge in [0.05, 0.1) is 12.3 Å². The number of nitrogens with zero attached hydrogens (tertiary/aromatic N) is 1. The Morgan fingerprint density at radius 1 is 1.17 bits per heavy atom. The van der Waals surface area contributed by atoms with Gasteiger partial charge in [0.25, 0.3) is 0 Å². The van der Waals surface area contributed by atoms with Crippen molar-refractivity contribution in [3.63, 3.8) is 0 Å². The molecule has 0 aliphatic carbocycles. The Morgan fingerprint density at radius 2 is 1.88 bits per heavy atom. The van der Waals surface area contributed by atoms with E-state index >= 15 is 0 Å². The Balaban J connectivity index is 2.23. The molecule has 1 aromatic carbocycles. The van der Waals surface area contributed by atoms with Crippen LogP contribution in [0.4, 0.5) is 0 Å². The van der Waals surface area contributed by atoms with Crippen LogP contribution in [-0.2, 0) is 19.0 Å². The maximum absolute atomic E-state index is 12.2. The molecule has 0 aliphatic heterocycles. The van der Waals surface area contributed by atoms with E-state index < -0.39 is 18.3 Å². The molecule has 0 saturated carbocycles. The van der Waals surface area contributed by atoms with Gasteiger partial charge >= 0.3 is 5.97 Å². The van der Waals surface area contributed by atoms with Crippen molar-refractivity contribution < 1.29 is 19.0 Å². The molecule has 1 heterocycles. The summed E-state index contributed by atoms with van der Waals surface area (Å²) in [6.07, 6.45) is 0.853. The lowest BCUT2D eigenvalue weighted by atomic mass is 10.2. The van der Waals surface area contributed by atoms with Gasteiger partial charge in [-0.2, -0.15) is 0 Å². The topological polar surface area (TPSA) is 72.9 Å². The Hall–Kier alpha value is -2.18. The van der Waals surface area contributed by atoms with Crippen molar-refractivity contribution in [2.75, 3.05) is 19.8 Å². The van der Waals surface area contributed by atoms with Crippen molar-refractivity contribution in [2.24, 2.45) is 4.99 Å². The number of hydrogen-bond donors (Lipinski definition) is 1. The summed E-state index contributed by atoms with van der Waals surface area (Å²) in [5, 5.41) is 1.08. The molecular formula is C18H24N2O4. The number of ether oxygens (including phenoxy) is 3. The number of aliphatic imine (C=N–C) groups is 1. The largest absolute Gasteiger partial charge is 0.464 e. The number of H-pyrrole nitrogens is 1. The summed E-state index contributed by atoms with van der Waals surface area (Å²) in [4.78, 5) is 19.8. The van der Waals surface area contributed by atoms with Gasteiger partial charge in [-0.3, -0.25) is 4.99 Å². The zero-order valence-electron chi connectivity index (χ0n) is 14.3. The van der Waals surface area contributed by atoms with Gasteiger partial charge in [-0.1, -0.05) is 18.2 Å². The second-order valence-electron chi connectivity index (χ2n) is 5.07. The van der Waals surface area contributed by atoms with E-state index in [-0.39, 0.29) is 6.61 Å². The normalized spacial score (nSPS) is 13.0. The van der Waals surface area contributed by atoms with Crippen LogP contribution in [-0.4, -0.2) is 49.3 Å². The predicted octanol–water partition coefficient (Wildman–Crippen LogP) is 2.92. The third kappa shape index (κ3) is 4.66. The number of nitrogens with one attached hydrogen (secondary N) is 1. The zero-order valence-corrected chi connectivity index (χ0v) is 14.3. The van der Waals surface area contributed by atoms with E-state index in [1.54, 1.807) is 13.1 Å². The number of aromatic nitrogens is 1. The first-order valence-corrected chi connectivity index (χ1v) is 8.20. The highest BCUT2D eigenvalue weighted by atomic mass is 16.7. The SMILES string of the molecule is CCOC(=O)[C@@H](N=Cc1cc2ccccc2[nH]1)C(OCC)OCC. The van der Waals surface area contributed by atoms with Crippen molar-refractivity contribution in [2.45, 2.75) is 33.1 Å². The van der Waals surface area contributed by atoms with E-state index in [9.17, 15) is 4.79 Å². The number of aromatic amines is 1. The van der Waals surface area contributed by atoms with E-state index in [1.165, 1.54) is 0 Å². The average Bonchev–Trinajstić information content (AvgIpc) is 2.98. The first-order valence-electron chi connectivity index (χ1n) is 8.20. The molecule has 24 heavy (non-hydrogen) atoms. The fraction of sp³-hybridized carbons (Fsp3) is 0.444. The Kier molecular flexibility index (Phi) is 6.96. The summed E-state index contributed by atoms with van der Waals surface area (Å²) in [5.74, 6) is -0.461. The first-order chi connectivity index (χ1) is 11.7. The average molecular weight is 332 g/mol. The molecule has 0 amide bonds. The summed E-state index contributed by atoms with van der Waals surface area (Å²) in [5.41, 5.74) is 1.81. The summed E-state index contributed by atoms with van der Waals surface area (Å²) in [6, 6.07) is 9.03. The molecule has 0 saturated heterocycles. The van der Waals surface area contributed by atoms with Crippen LogP contribution in [0.25, 0.3) is 10.9 Å². The number of para-hydroxylation sites is 1. The van der Waals surface area contributed by atoms with Crippen LogP contribution < -0.4 is 0 Å². The van der Waals surface area contributed by atoms with Crippen LogP contribution in [0.15, 0.2) is 35.3 Å². The van der Waals surface area contributed by atoms with E-state index in [2.05, 4.69) is 9.98 Å². The lowest BCUT2D eigenvalue weighted by Gasteiger charge is -2.22. The number of carbonyl (C=O) groups is 1. The van der Waals surface area contributed by atoms with E-state index in [0.29, 0.717) is 13.2 Å². The number of esters is 1. The fourth-order valence-corrected chi connectivity index (χ4v) is 2.35. The molecule has 1 atom stereocenters. The molecule has 6 nitrogen and oxygen atoms in total. The quantitative estimate of drug-likeness (QED) is 0.435.